The average molecular weight is 736 g/mol. The summed E-state index contributed by atoms with van der Waals surface area (Å²) < 4.78 is 17.3. The van der Waals surface area contributed by atoms with E-state index in [-0.39, 0.29) is 0 Å². The van der Waals surface area contributed by atoms with Crippen LogP contribution in [-0.2, 0) is 11.0 Å². The summed E-state index contributed by atoms with van der Waals surface area (Å²) in [4.78, 5) is 10.2. The van der Waals surface area contributed by atoms with Crippen LogP contribution < -0.4 is 16.0 Å². The molecule has 4 nitrogen and oxygen atoms in total. The van der Waals surface area contributed by atoms with Gasteiger partial charge in [-0.2, -0.15) is 0 Å². The summed E-state index contributed by atoms with van der Waals surface area (Å²) >= 11 is 0. The SMILES string of the molecule is O=P(c1ccccc1)(c1ccccc1)c1ccc(-c2ccc3c(ccc4c5ccccc5c5nc6cc(Cc7ccc8ccccc8c7)ccc6n5c34)c2)cn1. The van der Waals surface area contributed by atoms with Crippen molar-refractivity contribution in [2.45, 2.75) is 6.42 Å². The van der Waals surface area contributed by atoms with E-state index in [1.54, 1.807) is 0 Å². The highest BCUT2D eigenvalue weighted by Gasteiger charge is 2.31. The van der Waals surface area contributed by atoms with Crippen LogP contribution >= 0.6 is 7.14 Å². The fourth-order valence-corrected chi connectivity index (χ4v) is 11.0. The molecule has 0 atom stereocenters. The zero-order valence-corrected chi connectivity index (χ0v) is 31.3. The maximum atomic E-state index is 14.9. The molecule has 0 aliphatic heterocycles. The van der Waals surface area contributed by atoms with Crippen molar-refractivity contribution in [3.8, 4) is 11.1 Å². The Kier molecular flexibility index (Phi) is 7.48. The van der Waals surface area contributed by atoms with Crippen LogP contribution in [0.4, 0.5) is 0 Å². The van der Waals surface area contributed by atoms with Gasteiger partial charge in [0, 0.05) is 38.5 Å². The molecule has 0 saturated heterocycles. The summed E-state index contributed by atoms with van der Waals surface area (Å²) in [6.07, 6.45) is 2.70. The number of benzene rings is 8. The molecule has 5 heteroatoms. The molecule has 3 aromatic heterocycles. The van der Waals surface area contributed by atoms with Gasteiger partial charge in [-0.3, -0.25) is 9.38 Å². The summed E-state index contributed by atoms with van der Waals surface area (Å²) in [6.45, 7) is 0. The second kappa shape index (κ2) is 12.9. The molecular formula is C51H34N3OP. The smallest absolute Gasteiger partial charge is 0.188 e. The van der Waals surface area contributed by atoms with Crippen molar-refractivity contribution in [3.05, 3.63) is 205 Å². The maximum absolute atomic E-state index is 14.9. The van der Waals surface area contributed by atoms with E-state index in [0.717, 1.165) is 66.5 Å². The number of rotatable bonds is 6. The van der Waals surface area contributed by atoms with E-state index < -0.39 is 7.14 Å². The Hall–Kier alpha value is -6.87. The van der Waals surface area contributed by atoms with Crippen molar-refractivity contribution in [2.24, 2.45) is 0 Å². The third-order valence-corrected chi connectivity index (χ3v) is 14.2. The van der Waals surface area contributed by atoms with Crippen LogP contribution in [0.5, 0.6) is 0 Å². The Morgan fingerprint density at radius 1 is 0.482 bits per heavy atom. The number of aromatic nitrogens is 3. The first-order valence-corrected chi connectivity index (χ1v) is 20.7. The van der Waals surface area contributed by atoms with Gasteiger partial charge >= 0.3 is 0 Å². The Bertz CT molecular complexity index is 3310. The monoisotopic (exact) mass is 735 g/mol. The lowest BCUT2D eigenvalue weighted by molar-refractivity contribution is 0.592. The molecule has 0 aliphatic rings. The molecule has 11 rings (SSSR count). The highest BCUT2D eigenvalue weighted by atomic mass is 31.2. The topological polar surface area (TPSA) is 47.3 Å². The maximum Gasteiger partial charge on any atom is 0.188 e. The third kappa shape index (κ3) is 5.18. The molecule has 0 N–H and O–H groups in total. The minimum atomic E-state index is -3.16. The Morgan fingerprint density at radius 2 is 1.12 bits per heavy atom. The van der Waals surface area contributed by atoms with Crippen LogP contribution in [0.2, 0.25) is 0 Å². The quantitative estimate of drug-likeness (QED) is 0.126. The van der Waals surface area contributed by atoms with Crippen LogP contribution in [0, 0.1) is 0 Å². The first kappa shape index (κ1) is 32.6. The standard InChI is InChI=1S/C51H34N3OP/c55-56(41-13-3-1-4-14-41,42-15-5-2-6-16-42)49-28-24-40(33-52-49)38-22-25-43-39(32-38)23-26-45-44-17-9-10-18-46(44)51-53-47-31-35(20-27-48(47)54(51)50(43)45)29-34-19-21-36-11-7-8-12-37(36)30-34/h1-28,30-33H,29H2. The van der Waals surface area contributed by atoms with Crippen molar-refractivity contribution >= 4 is 83.1 Å². The molecule has 0 unspecified atom stereocenters. The van der Waals surface area contributed by atoms with E-state index >= 15 is 0 Å². The minimum Gasteiger partial charge on any atom is -0.307 e. The summed E-state index contributed by atoms with van der Waals surface area (Å²) in [7, 11) is -3.16. The first-order valence-electron chi connectivity index (χ1n) is 19.0. The van der Waals surface area contributed by atoms with Crippen LogP contribution in [0.1, 0.15) is 11.1 Å². The number of imidazole rings is 1. The lowest BCUT2D eigenvalue weighted by atomic mass is 9.98. The third-order valence-electron chi connectivity index (χ3n) is 11.3. The van der Waals surface area contributed by atoms with Gasteiger partial charge in [0.25, 0.3) is 0 Å². The van der Waals surface area contributed by atoms with Gasteiger partial charge in [0.05, 0.1) is 16.6 Å². The van der Waals surface area contributed by atoms with Crippen LogP contribution in [-0.4, -0.2) is 14.4 Å². The molecule has 0 bridgehead atoms. The highest BCUT2D eigenvalue weighted by Crippen LogP contribution is 2.42. The second-order valence-corrected chi connectivity index (χ2v) is 17.3. The van der Waals surface area contributed by atoms with Crippen molar-refractivity contribution in [2.75, 3.05) is 0 Å². The van der Waals surface area contributed by atoms with Crippen molar-refractivity contribution in [1.82, 2.24) is 14.4 Å². The highest BCUT2D eigenvalue weighted by molar-refractivity contribution is 7.85. The number of fused-ring (bicyclic) bond motifs is 11. The van der Waals surface area contributed by atoms with Crippen molar-refractivity contribution < 1.29 is 4.57 Å². The number of nitrogens with zero attached hydrogens (tertiary/aromatic N) is 3. The van der Waals surface area contributed by atoms with Gasteiger partial charge in [-0.15, -0.1) is 0 Å². The Labute approximate surface area is 323 Å². The van der Waals surface area contributed by atoms with Crippen LogP contribution in [0.15, 0.2) is 194 Å². The fraction of sp³-hybridized carbons (Fsp3) is 0.0196. The molecular weight excluding hydrogens is 702 g/mol. The lowest BCUT2D eigenvalue weighted by Crippen LogP contribution is -2.26. The number of hydrogen-bond acceptors (Lipinski definition) is 3. The number of hydrogen-bond donors (Lipinski definition) is 0. The number of pyridine rings is 2. The molecule has 11 aromatic rings. The predicted octanol–water partition coefficient (Wildman–Crippen LogP) is 11.4. The second-order valence-electron chi connectivity index (χ2n) is 14.6. The van der Waals surface area contributed by atoms with Gasteiger partial charge < -0.3 is 4.57 Å². The molecule has 8 aromatic carbocycles. The molecule has 264 valence electrons. The molecule has 0 aliphatic carbocycles. The largest absolute Gasteiger partial charge is 0.307 e. The van der Waals surface area contributed by atoms with Crippen molar-refractivity contribution in [1.29, 1.82) is 0 Å². The first-order chi connectivity index (χ1) is 27.6. The van der Waals surface area contributed by atoms with Gasteiger partial charge in [-0.05, 0) is 68.9 Å². The Balaban J connectivity index is 1.03. The van der Waals surface area contributed by atoms with E-state index in [2.05, 4.69) is 120 Å². The summed E-state index contributed by atoms with van der Waals surface area (Å²) in [6, 6.07) is 65.1. The van der Waals surface area contributed by atoms with Gasteiger partial charge in [0.1, 0.15) is 11.1 Å². The normalized spacial score (nSPS) is 12.1. The van der Waals surface area contributed by atoms with E-state index in [1.165, 1.54) is 32.7 Å². The Morgan fingerprint density at radius 3 is 1.89 bits per heavy atom. The van der Waals surface area contributed by atoms with Crippen LogP contribution in [0.25, 0.3) is 71.0 Å². The zero-order chi connectivity index (χ0) is 37.2. The minimum absolute atomic E-state index is 0.576. The van der Waals surface area contributed by atoms with Crippen LogP contribution in [0.3, 0.4) is 0 Å². The summed E-state index contributed by atoms with van der Waals surface area (Å²) in [5.41, 5.74) is 9.32. The van der Waals surface area contributed by atoms with E-state index in [0.29, 0.717) is 5.44 Å². The van der Waals surface area contributed by atoms with E-state index in [4.69, 9.17) is 9.97 Å². The summed E-state index contributed by atoms with van der Waals surface area (Å²) in [5, 5.41) is 9.87. The predicted molar refractivity (Wildman–Crippen MR) is 235 cm³/mol. The fourth-order valence-electron chi connectivity index (χ4n) is 8.52. The molecule has 0 fully saturated rings. The zero-order valence-electron chi connectivity index (χ0n) is 30.4. The van der Waals surface area contributed by atoms with E-state index in [9.17, 15) is 4.57 Å². The average Bonchev–Trinajstić information content (AvgIpc) is 3.65. The molecule has 0 spiro atoms. The summed E-state index contributed by atoms with van der Waals surface area (Å²) in [5.74, 6) is 0. The molecule has 0 amide bonds. The molecule has 3 heterocycles. The van der Waals surface area contributed by atoms with Crippen molar-refractivity contribution in [3.63, 3.8) is 0 Å². The molecule has 0 saturated carbocycles. The van der Waals surface area contributed by atoms with Gasteiger partial charge in [-0.25, -0.2) is 4.98 Å². The van der Waals surface area contributed by atoms with Gasteiger partial charge in [0.15, 0.2) is 7.14 Å². The van der Waals surface area contributed by atoms with Gasteiger partial charge in [-0.1, -0.05) is 164 Å². The lowest BCUT2D eigenvalue weighted by Gasteiger charge is -2.19. The van der Waals surface area contributed by atoms with Gasteiger partial charge in [0.2, 0.25) is 0 Å². The molecule has 0 radical (unpaired) electrons. The molecule has 56 heavy (non-hydrogen) atoms. The van der Waals surface area contributed by atoms with E-state index in [1.807, 2.05) is 79.0 Å².